The van der Waals surface area contributed by atoms with Gasteiger partial charge >= 0.3 is 0 Å². The van der Waals surface area contributed by atoms with Crippen LogP contribution in [0.1, 0.15) is 19.8 Å². The van der Waals surface area contributed by atoms with Crippen LogP contribution in [-0.4, -0.2) is 38.0 Å². The van der Waals surface area contributed by atoms with Crippen molar-refractivity contribution >= 4 is 0 Å². The summed E-state index contributed by atoms with van der Waals surface area (Å²) in [6, 6.07) is 0.482. The van der Waals surface area contributed by atoms with Gasteiger partial charge < -0.3 is 14.8 Å². The van der Waals surface area contributed by atoms with Gasteiger partial charge in [-0.25, -0.2) is 0 Å². The Kier molecular flexibility index (Phi) is 2.35. The molecule has 3 nitrogen and oxygen atoms in total. The zero-order valence-corrected chi connectivity index (χ0v) is 7.64. The summed E-state index contributed by atoms with van der Waals surface area (Å²) in [4.78, 5) is 0. The molecule has 2 fully saturated rings. The third-order valence-electron chi connectivity index (χ3n) is 3.07. The van der Waals surface area contributed by atoms with Crippen LogP contribution in [-0.2, 0) is 9.47 Å². The van der Waals surface area contributed by atoms with Gasteiger partial charge in [-0.3, -0.25) is 0 Å². The molecule has 2 saturated heterocycles. The molecule has 12 heavy (non-hydrogen) atoms. The molecule has 1 N–H and O–H groups in total. The topological polar surface area (TPSA) is 30.5 Å². The lowest BCUT2D eigenvalue weighted by atomic mass is 9.86. The van der Waals surface area contributed by atoms with Crippen molar-refractivity contribution < 1.29 is 9.47 Å². The fourth-order valence-corrected chi connectivity index (χ4v) is 2.14. The van der Waals surface area contributed by atoms with E-state index in [9.17, 15) is 0 Å². The first-order chi connectivity index (χ1) is 5.83. The standard InChI is InChI=1S/C9H17NO2/c1-8-9(12-7-4-10-8)2-5-11-6-3-9/h8,10H,2-7H2,1H3. The first-order valence-electron chi connectivity index (χ1n) is 4.79. The molecule has 0 saturated carbocycles. The average molecular weight is 171 g/mol. The Hall–Kier alpha value is -0.120. The highest BCUT2D eigenvalue weighted by molar-refractivity contribution is 4.94. The van der Waals surface area contributed by atoms with E-state index in [2.05, 4.69) is 12.2 Å². The lowest BCUT2D eigenvalue weighted by molar-refractivity contribution is -0.144. The van der Waals surface area contributed by atoms with Gasteiger partial charge in [-0.2, -0.15) is 0 Å². The maximum absolute atomic E-state index is 5.88. The molecule has 2 rings (SSSR count). The lowest BCUT2D eigenvalue weighted by Crippen LogP contribution is -2.58. The second kappa shape index (κ2) is 3.32. The summed E-state index contributed by atoms with van der Waals surface area (Å²) >= 11 is 0. The molecule has 0 aromatic carbocycles. The van der Waals surface area contributed by atoms with Crippen LogP contribution in [0.3, 0.4) is 0 Å². The van der Waals surface area contributed by atoms with Crippen molar-refractivity contribution in [2.24, 2.45) is 0 Å². The van der Waals surface area contributed by atoms with Crippen LogP contribution in [0.25, 0.3) is 0 Å². The fourth-order valence-electron chi connectivity index (χ4n) is 2.14. The number of nitrogens with one attached hydrogen (secondary N) is 1. The summed E-state index contributed by atoms with van der Waals surface area (Å²) in [6.07, 6.45) is 2.09. The van der Waals surface area contributed by atoms with Gasteiger partial charge in [0.25, 0.3) is 0 Å². The Balaban J connectivity index is 2.04. The zero-order chi connectivity index (χ0) is 8.44. The van der Waals surface area contributed by atoms with E-state index in [0.717, 1.165) is 39.2 Å². The van der Waals surface area contributed by atoms with Crippen molar-refractivity contribution in [3.8, 4) is 0 Å². The van der Waals surface area contributed by atoms with Crippen molar-refractivity contribution in [3.05, 3.63) is 0 Å². The smallest absolute Gasteiger partial charge is 0.0876 e. The molecule has 2 aliphatic rings. The van der Waals surface area contributed by atoms with Gasteiger partial charge in [-0.05, 0) is 6.92 Å². The third kappa shape index (κ3) is 1.37. The highest BCUT2D eigenvalue weighted by Crippen LogP contribution is 2.30. The Morgan fingerprint density at radius 3 is 2.67 bits per heavy atom. The molecule has 0 radical (unpaired) electrons. The number of hydrogen-bond donors (Lipinski definition) is 1. The molecule has 0 aromatic rings. The van der Waals surface area contributed by atoms with Crippen LogP contribution in [0.2, 0.25) is 0 Å². The first-order valence-corrected chi connectivity index (χ1v) is 4.79. The van der Waals surface area contributed by atoms with Crippen molar-refractivity contribution in [1.82, 2.24) is 5.32 Å². The molecule has 0 bridgehead atoms. The van der Waals surface area contributed by atoms with E-state index in [4.69, 9.17) is 9.47 Å². The van der Waals surface area contributed by atoms with Gasteiger partial charge in [-0.1, -0.05) is 0 Å². The SMILES string of the molecule is CC1NCCOC12CCOCC2. The van der Waals surface area contributed by atoms with Crippen LogP contribution >= 0.6 is 0 Å². The van der Waals surface area contributed by atoms with Gasteiger partial charge in [0.1, 0.15) is 0 Å². The highest BCUT2D eigenvalue weighted by Gasteiger charge is 2.40. The molecule has 1 spiro atoms. The summed E-state index contributed by atoms with van der Waals surface area (Å²) in [5.41, 5.74) is 0.0799. The van der Waals surface area contributed by atoms with E-state index in [0.29, 0.717) is 6.04 Å². The Morgan fingerprint density at radius 2 is 2.00 bits per heavy atom. The lowest BCUT2D eigenvalue weighted by Gasteiger charge is -2.45. The Morgan fingerprint density at radius 1 is 1.25 bits per heavy atom. The normalized spacial score (nSPS) is 35.2. The molecule has 1 unspecified atom stereocenters. The van der Waals surface area contributed by atoms with Gasteiger partial charge in [0.05, 0.1) is 12.2 Å². The van der Waals surface area contributed by atoms with E-state index >= 15 is 0 Å². The number of ether oxygens (including phenoxy) is 2. The Labute approximate surface area is 73.4 Å². The van der Waals surface area contributed by atoms with Crippen molar-refractivity contribution in [2.75, 3.05) is 26.4 Å². The van der Waals surface area contributed by atoms with Crippen molar-refractivity contribution in [2.45, 2.75) is 31.4 Å². The van der Waals surface area contributed by atoms with E-state index in [1.54, 1.807) is 0 Å². The minimum absolute atomic E-state index is 0.0799. The molecule has 3 heteroatoms. The molecule has 0 aliphatic carbocycles. The molecule has 2 heterocycles. The average Bonchev–Trinajstić information content (AvgIpc) is 2.12. The monoisotopic (exact) mass is 171 g/mol. The number of morpholine rings is 1. The van der Waals surface area contributed by atoms with Crippen LogP contribution in [0.4, 0.5) is 0 Å². The second-order valence-electron chi connectivity index (χ2n) is 3.70. The summed E-state index contributed by atoms with van der Waals surface area (Å²) in [7, 11) is 0. The molecule has 0 amide bonds. The fraction of sp³-hybridized carbons (Fsp3) is 1.00. The first kappa shape index (κ1) is 8.48. The Bertz CT molecular complexity index is 146. The number of rotatable bonds is 0. The molecule has 70 valence electrons. The van der Waals surface area contributed by atoms with Gasteiger partial charge in [0.15, 0.2) is 0 Å². The highest BCUT2D eigenvalue weighted by atomic mass is 16.5. The predicted molar refractivity (Wildman–Crippen MR) is 46.2 cm³/mol. The summed E-state index contributed by atoms with van der Waals surface area (Å²) in [6.45, 7) is 5.76. The maximum Gasteiger partial charge on any atom is 0.0876 e. The van der Waals surface area contributed by atoms with Crippen LogP contribution in [0.15, 0.2) is 0 Å². The zero-order valence-electron chi connectivity index (χ0n) is 7.64. The van der Waals surface area contributed by atoms with E-state index < -0.39 is 0 Å². The van der Waals surface area contributed by atoms with Crippen molar-refractivity contribution in [3.63, 3.8) is 0 Å². The van der Waals surface area contributed by atoms with Crippen LogP contribution < -0.4 is 5.32 Å². The predicted octanol–water partition coefficient (Wildman–Crippen LogP) is 0.544. The molecule has 2 aliphatic heterocycles. The molecule has 0 aromatic heterocycles. The van der Waals surface area contributed by atoms with Gasteiger partial charge in [0, 0.05) is 38.6 Å². The molecular weight excluding hydrogens is 154 g/mol. The second-order valence-corrected chi connectivity index (χ2v) is 3.70. The minimum Gasteiger partial charge on any atom is -0.381 e. The number of hydrogen-bond acceptors (Lipinski definition) is 3. The van der Waals surface area contributed by atoms with E-state index in [1.807, 2.05) is 0 Å². The third-order valence-corrected chi connectivity index (χ3v) is 3.07. The van der Waals surface area contributed by atoms with Crippen molar-refractivity contribution in [1.29, 1.82) is 0 Å². The minimum atomic E-state index is 0.0799. The maximum atomic E-state index is 5.88. The van der Waals surface area contributed by atoms with Gasteiger partial charge in [0.2, 0.25) is 0 Å². The van der Waals surface area contributed by atoms with Gasteiger partial charge in [-0.15, -0.1) is 0 Å². The quantitative estimate of drug-likeness (QED) is 0.577. The summed E-state index contributed by atoms with van der Waals surface area (Å²) in [5, 5.41) is 3.46. The largest absolute Gasteiger partial charge is 0.381 e. The van der Waals surface area contributed by atoms with E-state index in [1.165, 1.54) is 0 Å². The van der Waals surface area contributed by atoms with Crippen LogP contribution in [0, 0.1) is 0 Å². The van der Waals surface area contributed by atoms with Crippen LogP contribution in [0.5, 0.6) is 0 Å². The summed E-state index contributed by atoms with van der Waals surface area (Å²) < 4.78 is 11.2. The molecule has 1 atom stereocenters. The molecular formula is C9H17NO2. The van der Waals surface area contributed by atoms with E-state index in [-0.39, 0.29) is 5.60 Å². The summed E-state index contributed by atoms with van der Waals surface area (Å²) in [5.74, 6) is 0.